The predicted octanol–water partition coefficient (Wildman–Crippen LogP) is 3.09. The van der Waals surface area contributed by atoms with Crippen molar-refractivity contribution in [1.82, 2.24) is 5.32 Å². The van der Waals surface area contributed by atoms with Crippen molar-refractivity contribution in [2.75, 3.05) is 0 Å². The number of hydrogen-bond acceptors (Lipinski definition) is 4. The van der Waals surface area contributed by atoms with Gasteiger partial charge in [0, 0.05) is 5.71 Å². The van der Waals surface area contributed by atoms with E-state index in [9.17, 15) is 14.7 Å². The van der Waals surface area contributed by atoms with Crippen LogP contribution in [-0.2, 0) is 16.1 Å². The van der Waals surface area contributed by atoms with Crippen molar-refractivity contribution in [3.05, 3.63) is 35.9 Å². The van der Waals surface area contributed by atoms with Gasteiger partial charge in [-0.15, -0.1) is 0 Å². The van der Waals surface area contributed by atoms with E-state index in [0.717, 1.165) is 12.0 Å². The van der Waals surface area contributed by atoms with Crippen LogP contribution >= 0.6 is 0 Å². The highest BCUT2D eigenvalue weighted by molar-refractivity contribution is 5.98. The van der Waals surface area contributed by atoms with Crippen LogP contribution in [0.5, 0.6) is 0 Å². The SMILES string of the molecule is CCC1CC1(NC(=O)OCc1ccccc1)C(O)C(=O)N=C(C)C(C)C. The number of rotatable bonds is 7. The molecule has 3 atom stereocenters. The van der Waals surface area contributed by atoms with Gasteiger partial charge in [-0.05, 0) is 30.7 Å². The van der Waals surface area contributed by atoms with Crippen molar-refractivity contribution in [2.24, 2.45) is 16.8 Å². The second-order valence-corrected chi connectivity index (χ2v) is 7.19. The molecule has 1 fully saturated rings. The first-order valence-electron chi connectivity index (χ1n) is 9.06. The van der Waals surface area contributed by atoms with Crippen molar-refractivity contribution >= 4 is 17.7 Å². The number of aliphatic hydroxyl groups excluding tert-OH is 1. The van der Waals surface area contributed by atoms with Gasteiger partial charge in [0.05, 0.1) is 5.54 Å². The largest absolute Gasteiger partial charge is 0.445 e. The number of carbonyl (C=O) groups is 2. The van der Waals surface area contributed by atoms with Crippen molar-refractivity contribution in [2.45, 2.75) is 58.8 Å². The first-order chi connectivity index (χ1) is 12.3. The third kappa shape index (κ3) is 4.69. The second-order valence-electron chi connectivity index (χ2n) is 7.19. The van der Waals surface area contributed by atoms with Gasteiger partial charge in [0.25, 0.3) is 5.91 Å². The molecule has 0 aromatic heterocycles. The third-order valence-corrected chi connectivity index (χ3v) is 5.04. The molecule has 1 saturated carbocycles. The molecule has 6 heteroatoms. The fourth-order valence-corrected chi connectivity index (χ4v) is 2.95. The molecule has 0 radical (unpaired) electrons. The number of aliphatic hydroxyl groups is 1. The van der Waals surface area contributed by atoms with Crippen LogP contribution in [0.2, 0.25) is 0 Å². The Morgan fingerprint density at radius 1 is 1.35 bits per heavy atom. The van der Waals surface area contributed by atoms with Crippen molar-refractivity contribution in [3.63, 3.8) is 0 Å². The van der Waals surface area contributed by atoms with Gasteiger partial charge in [-0.3, -0.25) is 4.79 Å². The monoisotopic (exact) mass is 360 g/mol. The zero-order valence-electron chi connectivity index (χ0n) is 15.9. The van der Waals surface area contributed by atoms with Crippen LogP contribution in [0.1, 0.15) is 46.1 Å². The van der Waals surface area contributed by atoms with Crippen molar-refractivity contribution in [1.29, 1.82) is 0 Å². The van der Waals surface area contributed by atoms with Gasteiger partial charge in [0.2, 0.25) is 0 Å². The molecule has 1 aliphatic carbocycles. The molecule has 142 valence electrons. The van der Waals surface area contributed by atoms with E-state index in [2.05, 4.69) is 10.3 Å². The van der Waals surface area contributed by atoms with Gasteiger partial charge in [-0.2, -0.15) is 0 Å². The van der Waals surface area contributed by atoms with Crippen LogP contribution in [0.4, 0.5) is 4.79 Å². The summed E-state index contributed by atoms with van der Waals surface area (Å²) in [6.45, 7) is 7.71. The van der Waals surface area contributed by atoms with E-state index in [4.69, 9.17) is 4.74 Å². The Labute approximate surface area is 154 Å². The number of benzene rings is 1. The molecular weight excluding hydrogens is 332 g/mol. The minimum Gasteiger partial charge on any atom is -0.445 e. The Kier molecular flexibility index (Phi) is 6.53. The van der Waals surface area contributed by atoms with Gasteiger partial charge in [0.15, 0.2) is 6.10 Å². The maximum absolute atomic E-state index is 12.3. The normalized spacial score (nSPS) is 23.5. The molecule has 0 aliphatic heterocycles. The third-order valence-electron chi connectivity index (χ3n) is 5.04. The molecule has 0 spiro atoms. The molecule has 0 heterocycles. The van der Waals surface area contributed by atoms with E-state index >= 15 is 0 Å². The Morgan fingerprint density at radius 3 is 2.54 bits per heavy atom. The van der Waals surface area contributed by atoms with Gasteiger partial charge in [0.1, 0.15) is 6.61 Å². The van der Waals surface area contributed by atoms with Gasteiger partial charge < -0.3 is 15.2 Å². The smallest absolute Gasteiger partial charge is 0.408 e. The first-order valence-corrected chi connectivity index (χ1v) is 9.06. The van der Waals surface area contributed by atoms with E-state index in [1.807, 2.05) is 51.1 Å². The molecule has 6 nitrogen and oxygen atoms in total. The number of nitrogens with zero attached hydrogens (tertiary/aromatic N) is 1. The van der Waals surface area contributed by atoms with E-state index in [1.165, 1.54) is 0 Å². The molecule has 1 aromatic rings. The molecule has 3 unspecified atom stereocenters. The summed E-state index contributed by atoms with van der Waals surface area (Å²) in [5, 5.41) is 13.3. The Morgan fingerprint density at radius 2 is 2.00 bits per heavy atom. The standard InChI is InChI=1S/C20H28N2O4/c1-5-16-11-20(16,17(23)18(24)21-14(4)13(2)3)22-19(25)26-12-15-9-7-6-8-10-15/h6-10,13,16-17,23H,5,11-12H2,1-4H3,(H,22,25). The highest BCUT2D eigenvalue weighted by Gasteiger charge is 2.61. The van der Waals surface area contributed by atoms with Gasteiger partial charge >= 0.3 is 6.09 Å². The van der Waals surface area contributed by atoms with Crippen molar-refractivity contribution < 1.29 is 19.4 Å². The summed E-state index contributed by atoms with van der Waals surface area (Å²) in [6, 6.07) is 9.33. The summed E-state index contributed by atoms with van der Waals surface area (Å²) in [7, 11) is 0. The first kappa shape index (κ1) is 20.1. The lowest BCUT2D eigenvalue weighted by atomic mass is 10.0. The highest BCUT2D eigenvalue weighted by Crippen LogP contribution is 2.48. The summed E-state index contributed by atoms with van der Waals surface area (Å²) < 4.78 is 5.24. The van der Waals surface area contributed by atoms with Crippen LogP contribution in [-0.4, -0.2) is 34.5 Å². The van der Waals surface area contributed by atoms with E-state index < -0.39 is 23.6 Å². The Hall–Kier alpha value is -2.21. The van der Waals surface area contributed by atoms with Crippen LogP contribution in [0.25, 0.3) is 0 Å². The number of alkyl carbamates (subject to hydrolysis) is 1. The minimum absolute atomic E-state index is 0.0280. The lowest BCUT2D eigenvalue weighted by molar-refractivity contribution is -0.128. The van der Waals surface area contributed by atoms with Crippen LogP contribution in [0, 0.1) is 11.8 Å². The predicted molar refractivity (Wildman–Crippen MR) is 99.9 cm³/mol. The summed E-state index contributed by atoms with van der Waals surface area (Å²) in [4.78, 5) is 28.5. The summed E-state index contributed by atoms with van der Waals surface area (Å²) in [5.74, 6) is -0.470. The van der Waals surface area contributed by atoms with E-state index in [0.29, 0.717) is 12.1 Å². The molecule has 2 rings (SSSR count). The van der Waals surface area contributed by atoms with Gasteiger partial charge in [-0.25, -0.2) is 9.79 Å². The number of nitrogens with one attached hydrogen (secondary N) is 1. The number of amides is 2. The maximum atomic E-state index is 12.3. The molecule has 0 saturated heterocycles. The van der Waals surface area contributed by atoms with Crippen LogP contribution in [0.15, 0.2) is 35.3 Å². The lowest BCUT2D eigenvalue weighted by Crippen LogP contribution is -2.50. The van der Waals surface area contributed by atoms with E-state index in [-0.39, 0.29) is 18.4 Å². The molecule has 2 amide bonds. The Balaban J connectivity index is 2.01. The quantitative estimate of drug-likeness (QED) is 0.732. The Bertz CT molecular complexity index is 672. The van der Waals surface area contributed by atoms with Gasteiger partial charge in [-0.1, -0.05) is 57.5 Å². The molecule has 1 aliphatic rings. The molecule has 1 aromatic carbocycles. The van der Waals surface area contributed by atoms with E-state index in [1.54, 1.807) is 6.92 Å². The fraction of sp³-hybridized carbons (Fsp3) is 0.550. The highest BCUT2D eigenvalue weighted by atomic mass is 16.5. The van der Waals surface area contributed by atoms with Crippen LogP contribution in [0.3, 0.4) is 0 Å². The fourth-order valence-electron chi connectivity index (χ4n) is 2.95. The summed E-state index contributed by atoms with van der Waals surface area (Å²) >= 11 is 0. The molecule has 0 bridgehead atoms. The maximum Gasteiger partial charge on any atom is 0.408 e. The average Bonchev–Trinajstić information content (AvgIpc) is 3.34. The minimum atomic E-state index is -1.37. The number of ether oxygens (including phenoxy) is 1. The zero-order chi connectivity index (χ0) is 19.3. The van der Waals surface area contributed by atoms with Crippen molar-refractivity contribution in [3.8, 4) is 0 Å². The summed E-state index contributed by atoms with van der Waals surface area (Å²) in [6.07, 6.45) is -0.727. The topological polar surface area (TPSA) is 88.0 Å². The number of hydrogen-bond donors (Lipinski definition) is 2. The molecule has 26 heavy (non-hydrogen) atoms. The lowest BCUT2D eigenvalue weighted by Gasteiger charge is -2.23. The summed E-state index contributed by atoms with van der Waals surface area (Å²) in [5.41, 5.74) is 0.540. The number of carbonyl (C=O) groups excluding carboxylic acids is 2. The zero-order valence-corrected chi connectivity index (χ0v) is 15.9. The average molecular weight is 360 g/mol. The van der Waals surface area contributed by atoms with Crippen LogP contribution < -0.4 is 5.32 Å². The molecular formula is C20H28N2O4. The number of aliphatic imine (C=N–C) groups is 1. The second kappa shape index (κ2) is 8.45. The molecule has 2 N–H and O–H groups in total.